The van der Waals surface area contributed by atoms with E-state index in [1.807, 2.05) is 18.7 Å². The Balaban J connectivity index is 2.06. The summed E-state index contributed by atoms with van der Waals surface area (Å²) in [6, 6.07) is 0.302. The van der Waals surface area contributed by atoms with Gasteiger partial charge >= 0.3 is 0 Å². The van der Waals surface area contributed by atoms with Gasteiger partial charge in [-0.05, 0) is 46.1 Å². The maximum atomic E-state index is 12.5. The fourth-order valence-electron chi connectivity index (χ4n) is 2.73. The normalized spacial score (nSPS) is 23.7. The van der Waals surface area contributed by atoms with Crippen molar-refractivity contribution in [3.05, 3.63) is 17.0 Å². The monoisotopic (exact) mass is 265 g/mol. The van der Waals surface area contributed by atoms with Gasteiger partial charge in [-0.2, -0.15) is 0 Å². The van der Waals surface area contributed by atoms with Crippen LogP contribution >= 0.6 is 0 Å². The predicted octanol–water partition coefficient (Wildman–Crippen LogP) is 1.42. The standard InChI is InChI=1S/C14H23N3O2/c1-9-4-5-12(7-15)8-17(9)14(18)6-13-10(2)16-19-11(13)3/h9,12H,4-8,15H2,1-3H3. The van der Waals surface area contributed by atoms with Crippen molar-refractivity contribution in [3.8, 4) is 0 Å². The number of hydrogen-bond acceptors (Lipinski definition) is 4. The van der Waals surface area contributed by atoms with E-state index in [4.69, 9.17) is 10.3 Å². The molecule has 1 fully saturated rings. The summed E-state index contributed by atoms with van der Waals surface area (Å²) in [5, 5.41) is 3.90. The summed E-state index contributed by atoms with van der Waals surface area (Å²) in [6.45, 7) is 7.27. The quantitative estimate of drug-likeness (QED) is 0.897. The Bertz CT molecular complexity index is 436. The Morgan fingerprint density at radius 3 is 2.79 bits per heavy atom. The number of nitrogens with zero attached hydrogens (tertiary/aromatic N) is 2. The van der Waals surface area contributed by atoms with Crippen LogP contribution < -0.4 is 5.73 Å². The van der Waals surface area contributed by atoms with Gasteiger partial charge in [0.05, 0.1) is 12.1 Å². The minimum absolute atomic E-state index is 0.153. The van der Waals surface area contributed by atoms with Crippen LogP contribution in [0.3, 0.4) is 0 Å². The molecule has 1 saturated heterocycles. The molecule has 0 saturated carbocycles. The number of aromatic nitrogens is 1. The van der Waals surface area contributed by atoms with Gasteiger partial charge in [-0.1, -0.05) is 5.16 Å². The lowest BCUT2D eigenvalue weighted by molar-refractivity contribution is -0.134. The maximum Gasteiger partial charge on any atom is 0.227 e. The van der Waals surface area contributed by atoms with Crippen molar-refractivity contribution in [3.63, 3.8) is 0 Å². The molecule has 0 bridgehead atoms. The van der Waals surface area contributed by atoms with Gasteiger partial charge in [0, 0.05) is 18.2 Å². The molecule has 1 aliphatic heterocycles. The lowest BCUT2D eigenvalue weighted by Crippen LogP contribution is -2.47. The molecule has 1 aromatic rings. The van der Waals surface area contributed by atoms with Crippen LogP contribution in [0.5, 0.6) is 0 Å². The number of piperidine rings is 1. The van der Waals surface area contributed by atoms with Gasteiger partial charge in [0.1, 0.15) is 5.76 Å². The van der Waals surface area contributed by atoms with Crippen LogP contribution in [0.25, 0.3) is 0 Å². The third-order valence-corrected chi connectivity index (χ3v) is 4.14. The third-order valence-electron chi connectivity index (χ3n) is 4.14. The molecular formula is C14H23N3O2. The summed E-state index contributed by atoms with van der Waals surface area (Å²) >= 11 is 0. The molecule has 1 amide bonds. The van der Waals surface area contributed by atoms with E-state index in [1.165, 1.54) is 0 Å². The zero-order valence-corrected chi connectivity index (χ0v) is 12.0. The topological polar surface area (TPSA) is 72.4 Å². The minimum atomic E-state index is 0.153. The van der Waals surface area contributed by atoms with Crippen molar-refractivity contribution in [1.82, 2.24) is 10.1 Å². The highest BCUT2D eigenvalue weighted by Crippen LogP contribution is 2.23. The molecule has 2 unspecified atom stereocenters. The van der Waals surface area contributed by atoms with Crippen LogP contribution in [0.4, 0.5) is 0 Å². The summed E-state index contributed by atoms with van der Waals surface area (Å²) in [7, 11) is 0. The van der Waals surface area contributed by atoms with Crippen LogP contribution in [-0.4, -0.2) is 35.1 Å². The highest BCUT2D eigenvalue weighted by Gasteiger charge is 2.29. The number of aryl methyl sites for hydroxylation is 2. The first-order valence-electron chi connectivity index (χ1n) is 6.94. The molecule has 5 heteroatoms. The summed E-state index contributed by atoms with van der Waals surface area (Å²) in [4.78, 5) is 14.4. The first-order chi connectivity index (χ1) is 9.02. The Morgan fingerprint density at radius 2 is 2.21 bits per heavy atom. The molecular weight excluding hydrogens is 242 g/mol. The molecule has 0 aliphatic carbocycles. The lowest BCUT2D eigenvalue weighted by Gasteiger charge is -2.37. The fraction of sp³-hybridized carbons (Fsp3) is 0.714. The van der Waals surface area contributed by atoms with Crippen LogP contribution in [0.1, 0.15) is 36.8 Å². The van der Waals surface area contributed by atoms with E-state index in [2.05, 4.69) is 12.1 Å². The minimum Gasteiger partial charge on any atom is -0.361 e. The molecule has 0 spiro atoms. The largest absolute Gasteiger partial charge is 0.361 e. The molecule has 2 heterocycles. The number of amides is 1. The highest BCUT2D eigenvalue weighted by atomic mass is 16.5. The first-order valence-corrected chi connectivity index (χ1v) is 6.94. The molecule has 1 aliphatic rings. The van der Waals surface area contributed by atoms with Crippen molar-refractivity contribution in [2.45, 2.75) is 46.1 Å². The van der Waals surface area contributed by atoms with E-state index in [1.54, 1.807) is 0 Å². The number of nitrogens with two attached hydrogens (primary N) is 1. The van der Waals surface area contributed by atoms with Crippen LogP contribution in [0.2, 0.25) is 0 Å². The van der Waals surface area contributed by atoms with Crippen LogP contribution in [0, 0.1) is 19.8 Å². The number of hydrogen-bond donors (Lipinski definition) is 1. The average molecular weight is 265 g/mol. The maximum absolute atomic E-state index is 12.5. The third kappa shape index (κ3) is 2.97. The predicted molar refractivity (Wildman–Crippen MR) is 72.6 cm³/mol. The second-order valence-corrected chi connectivity index (χ2v) is 5.55. The second-order valence-electron chi connectivity index (χ2n) is 5.55. The number of carbonyl (C=O) groups is 1. The summed E-state index contributed by atoms with van der Waals surface area (Å²) < 4.78 is 5.11. The van der Waals surface area contributed by atoms with Crippen molar-refractivity contribution in [1.29, 1.82) is 0 Å². The van der Waals surface area contributed by atoms with Gasteiger partial charge in [0.25, 0.3) is 0 Å². The number of rotatable bonds is 3. The molecule has 106 valence electrons. The zero-order chi connectivity index (χ0) is 14.0. The van der Waals surface area contributed by atoms with Gasteiger partial charge in [-0.15, -0.1) is 0 Å². The Hall–Kier alpha value is -1.36. The van der Waals surface area contributed by atoms with Crippen LogP contribution in [-0.2, 0) is 11.2 Å². The van der Waals surface area contributed by atoms with E-state index in [0.717, 1.165) is 36.4 Å². The van der Waals surface area contributed by atoms with Crippen molar-refractivity contribution < 1.29 is 9.32 Å². The molecule has 0 aromatic carbocycles. The van der Waals surface area contributed by atoms with Crippen molar-refractivity contribution in [2.24, 2.45) is 11.7 Å². The molecule has 0 radical (unpaired) electrons. The van der Waals surface area contributed by atoms with E-state index < -0.39 is 0 Å². The smallest absolute Gasteiger partial charge is 0.227 e. The Labute approximate surface area is 114 Å². The Morgan fingerprint density at radius 1 is 1.47 bits per heavy atom. The van der Waals surface area contributed by atoms with Crippen molar-refractivity contribution >= 4 is 5.91 Å². The van der Waals surface area contributed by atoms with Gasteiger partial charge in [0.15, 0.2) is 0 Å². The summed E-state index contributed by atoms with van der Waals surface area (Å²) in [5.41, 5.74) is 7.47. The number of likely N-dealkylation sites (tertiary alicyclic amines) is 1. The van der Waals surface area contributed by atoms with E-state index in [0.29, 0.717) is 24.9 Å². The zero-order valence-electron chi connectivity index (χ0n) is 12.0. The number of carbonyl (C=O) groups excluding carboxylic acids is 1. The van der Waals surface area contributed by atoms with Crippen molar-refractivity contribution in [2.75, 3.05) is 13.1 Å². The van der Waals surface area contributed by atoms with Gasteiger partial charge in [0.2, 0.25) is 5.91 Å². The lowest BCUT2D eigenvalue weighted by atomic mass is 9.93. The molecule has 2 atom stereocenters. The van der Waals surface area contributed by atoms with E-state index in [-0.39, 0.29) is 5.91 Å². The highest BCUT2D eigenvalue weighted by molar-refractivity contribution is 5.79. The molecule has 1 aromatic heterocycles. The summed E-state index contributed by atoms with van der Waals surface area (Å²) in [5.74, 6) is 1.33. The molecule has 2 rings (SSSR count). The Kier molecular flexibility index (Phi) is 4.24. The summed E-state index contributed by atoms with van der Waals surface area (Å²) in [6.07, 6.45) is 2.53. The van der Waals surface area contributed by atoms with Gasteiger partial charge in [-0.3, -0.25) is 4.79 Å². The average Bonchev–Trinajstić information content (AvgIpc) is 2.71. The molecule has 19 heavy (non-hydrogen) atoms. The fourth-order valence-corrected chi connectivity index (χ4v) is 2.73. The first kappa shape index (κ1) is 14.1. The van der Waals surface area contributed by atoms with Gasteiger partial charge in [-0.25, -0.2) is 0 Å². The van der Waals surface area contributed by atoms with E-state index >= 15 is 0 Å². The molecule has 2 N–H and O–H groups in total. The second kappa shape index (κ2) is 5.74. The SMILES string of the molecule is Cc1noc(C)c1CC(=O)N1CC(CN)CCC1C. The molecule has 5 nitrogen and oxygen atoms in total. The van der Waals surface area contributed by atoms with Crippen LogP contribution in [0.15, 0.2) is 4.52 Å². The van der Waals surface area contributed by atoms with Gasteiger partial charge < -0.3 is 15.2 Å². The van der Waals surface area contributed by atoms with E-state index in [9.17, 15) is 4.79 Å².